The van der Waals surface area contributed by atoms with E-state index in [1.807, 2.05) is 37.0 Å². The Labute approximate surface area is 124 Å². The number of thiazole rings is 1. The second-order valence-corrected chi connectivity index (χ2v) is 6.64. The standard InChI is InChI=1S/C13H14N4OS2/c1-9-14-5-11(20-9)6-17(2)7-12-15-13(16-18-12)10-3-4-19-8-10/h3-5,8H,6-7H2,1-2H3. The Morgan fingerprint density at radius 3 is 2.95 bits per heavy atom. The molecule has 0 aromatic carbocycles. The Balaban J connectivity index is 1.63. The number of hydrogen-bond acceptors (Lipinski definition) is 7. The van der Waals surface area contributed by atoms with Crippen LogP contribution in [0.2, 0.25) is 0 Å². The molecule has 20 heavy (non-hydrogen) atoms. The number of rotatable bonds is 5. The van der Waals surface area contributed by atoms with E-state index < -0.39 is 0 Å². The van der Waals surface area contributed by atoms with Crippen molar-refractivity contribution in [3.63, 3.8) is 0 Å². The van der Waals surface area contributed by atoms with Gasteiger partial charge in [-0.3, -0.25) is 4.90 Å². The van der Waals surface area contributed by atoms with Crippen molar-refractivity contribution in [3.05, 3.63) is 38.8 Å². The van der Waals surface area contributed by atoms with Gasteiger partial charge < -0.3 is 4.52 Å². The summed E-state index contributed by atoms with van der Waals surface area (Å²) in [5.41, 5.74) is 1.01. The van der Waals surface area contributed by atoms with Crippen LogP contribution in [0.15, 0.2) is 27.5 Å². The lowest BCUT2D eigenvalue weighted by Crippen LogP contribution is -2.16. The Hall–Kier alpha value is -1.57. The molecule has 5 nitrogen and oxygen atoms in total. The van der Waals surface area contributed by atoms with Crippen molar-refractivity contribution in [2.24, 2.45) is 0 Å². The summed E-state index contributed by atoms with van der Waals surface area (Å²) in [6.45, 7) is 3.48. The van der Waals surface area contributed by atoms with Gasteiger partial charge in [-0.1, -0.05) is 5.16 Å². The van der Waals surface area contributed by atoms with E-state index in [1.54, 1.807) is 22.7 Å². The van der Waals surface area contributed by atoms with Gasteiger partial charge in [0.2, 0.25) is 11.7 Å². The van der Waals surface area contributed by atoms with Crippen molar-refractivity contribution < 1.29 is 4.52 Å². The number of thiophene rings is 1. The van der Waals surface area contributed by atoms with Gasteiger partial charge in [0.05, 0.1) is 11.6 Å². The minimum atomic E-state index is 0.633. The Kier molecular flexibility index (Phi) is 3.90. The molecule has 0 fully saturated rings. The van der Waals surface area contributed by atoms with Crippen molar-refractivity contribution in [2.45, 2.75) is 20.0 Å². The first-order valence-corrected chi connectivity index (χ1v) is 7.91. The third kappa shape index (κ3) is 3.12. The molecule has 3 aromatic rings. The smallest absolute Gasteiger partial charge is 0.241 e. The van der Waals surface area contributed by atoms with Crippen LogP contribution in [0.4, 0.5) is 0 Å². The maximum atomic E-state index is 5.29. The van der Waals surface area contributed by atoms with Gasteiger partial charge in [0.15, 0.2) is 0 Å². The van der Waals surface area contributed by atoms with E-state index >= 15 is 0 Å². The number of aromatic nitrogens is 3. The molecule has 0 amide bonds. The van der Waals surface area contributed by atoms with E-state index in [2.05, 4.69) is 20.0 Å². The highest BCUT2D eigenvalue weighted by Crippen LogP contribution is 2.19. The van der Waals surface area contributed by atoms with Crippen molar-refractivity contribution in [3.8, 4) is 11.4 Å². The number of hydrogen-bond donors (Lipinski definition) is 0. The van der Waals surface area contributed by atoms with Crippen molar-refractivity contribution >= 4 is 22.7 Å². The topological polar surface area (TPSA) is 55.1 Å². The molecule has 0 bridgehead atoms. The number of nitrogens with zero attached hydrogens (tertiary/aromatic N) is 4. The van der Waals surface area contributed by atoms with Crippen LogP contribution in [0, 0.1) is 6.92 Å². The van der Waals surface area contributed by atoms with Crippen LogP contribution in [-0.2, 0) is 13.1 Å². The minimum Gasteiger partial charge on any atom is -0.338 e. The molecule has 0 atom stereocenters. The summed E-state index contributed by atoms with van der Waals surface area (Å²) in [7, 11) is 2.03. The molecule has 0 aliphatic heterocycles. The predicted octanol–water partition coefficient (Wildman–Crippen LogP) is 3.20. The van der Waals surface area contributed by atoms with Gasteiger partial charge in [0.25, 0.3) is 0 Å². The molecule has 0 N–H and O–H groups in total. The van der Waals surface area contributed by atoms with Crippen LogP contribution >= 0.6 is 22.7 Å². The molecule has 3 rings (SSSR count). The first-order valence-electron chi connectivity index (χ1n) is 6.16. The average molecular weight is 306 g/mol. The van der Waals surface area contributed by atoms with Gasteiger partial charge in [-0.25, -0.2) is 4.98 Å². The first-order chi connectivity index (χ1) is 9.70. The largest absolute Gasteiger partial charge is 0.338 e. The molecule has 0 saturated carbocycles. The maximum Gasteiger partial charge on any atom is 0.241 e. The summed E-state index contributed by atoms with van der Waals surface area (Å²) in [4.78, 5) is 12.0. The SMILES string of the molecule is Cc1ncc(CN(C)Cc2nc(-c3ccsc3)no2)s1. The van der Waals surface area contributed by atoms with Crippen LogP contribution in [0.1, 0.15) is 15.8 Å². The van der Waals surface area contributed by atoms with Gasteiger partial charge in [-0.2, -0.15) is 16.3 Å². The van der Waals surface area contributed by atoms with E-state index in [0.29, 0.717) is 18.3 Å². The molecule has 0 aliphatic rings. The lowest BCUT2D eigenvalue weighted by Gasteiger charge is -2.11. The summed E-state index contributed by atoms with van der Waals surface area (Å²) in [5.74, 6) is 1.29. The fourth-order valence-electron chi connectivity index (χ4n) is 1.86. The van der Waals surface area contributed by atoms with E-state index in [1.165, 1.54) is 4.88 Å². The predicted molar refractivity (Wildman–Crippen MR) is 79.6 cm³/mol. The highest BCUT2D eigenvalue weighted by Gasteiger charge is 2.12. The highest BCUT2D eigenvalue weighted by atomic mass is 32.1. The molecule has 0 unspecified atom stereocenters. The van der Waals surface area contributed by atoms with Gasteiger partial charge in [0, 0.05) is 28.6 Å². The summed E-state index contributed by atoms with van der Waals surface area (Å²) >= 11 is 3.34. The van der Waals surface area contributed by atoms with Gasteiger partial charge in [0.1, 0.15) is 0 Å². The van der Waals surface area contributed by atoms with Crippen LogP contribution < -0.4 is 0 Å². The second-order valence-electron chi connectivity index (χ2n) is 4.54. The first kappa shape index (κ1) is 13.4. The van der Waals surface area contributed by atoms with Gasteiger partial charge in [-0.05, 0) is 25.4 Å². The molecule has 0 aliphatic carbocycles. The van der Waals surface area contributed by atoms with E-state index in [-0.39, 0.29) is 0 Å². The summed E-state index contributed by atoms with van der Waals surface area (Å²) in [5, 5.41) is 9.11. The Morgan fingerprint density at radius 1 is 1.35 bits per heavy atom. The monoisotopic (exact) mass is 306 g/mol. The number of aryl methyl sites for hydroxylation is 1. The molecule has 0 spiro atoms. The molecule has 7 heteroatoms. The molecular formula is C13H14N4OS2. The quantitative estimate of drug-likeness (QED) is 0.724. The van der Waals surface area contributed by atoms with Crippen LogP contribution in [-0.4, -0.2) is 27.1 Å². The van der Waals surface area contributed by atoms with Crippen molar-refractivity contribution in [1.29, 1.82) is 0 Å². The fraction of sp³-hybridized carbons (Fsp3) is 0.308. The van der Waals surface area contributed by atoms with Crippen LogP contribution in [0.5, 0.6) is 0 Å². The lowest BCUT2D eigenvalue weighted by atomic mass is 10.3. The van der Waals surface area contributed by atoms with E-state index in [4.69, 9.17) is 4.52 Å². The van der Waals surface area contributed by atoms with Crippen LogP contribution in [0.25, 0.3) is 11.4 Å². The lowest BCUT2D eigenvalue weighted by molar-refractivity contribution is 0.262. The molecule has 104 valence electrons. The Morgan fingerprint density at radius 2 is 2.25 bits per heavy atom. The van der Waals surface area contributed by atoms with Gasteiger partial charge >= 0.3 is 0 Å². The third-order valence-electron chi connectivity index (χ3n) is 2.75. The maximum absolute atomic E-state index is 5.29. The summed E-state index contributed by atoms with van der Waals surface area (Å²) in [6, 6.07) is 1.99. The van der Waals surface area contributed by atoms with Gasteiger partial charge in [-0.15, -0.1) is 11.3 Å². The molecule has 3 aromatic heterocycles. The van der Waals surface area contributed by atoms with Crippen molar-refractivity contribution in [1.82, 2.24) is 20.0 Å². The molecular weight excluding hydrogens is 292 g/mol. The zero-order valence-corrected chi connectivity index (χ0v) is 12.9. The Bertz CT molecular complexity index is 674. The van der Waals surface area contributed by atoms with E-state index in [9.17, 15) is 0 Å². The second kappa shape index (κ2) is 5.82. The molecule has 0 saturated heterocycles. The average Bonchev–Trinajstić information content (AvgIpc) is 3.10. The van der Waals surface area contributed by atoms with Crippen molar-refractivity contribution in [2.75, 3.05) is 7.05 Å². The zero-order chi connectivity index (χ0) is 13.9. The normalized spacial score (nSPS) is 11.3. The fourth-order valence-corrected chi connectivity index (χ4v) is 3.37. The van der Waals surface area contributed by atoms with E-state index in [0.717, 1.165) is 17.1 Å². The zero-order valence-electron chi connectivity index (χ0n) is 11.2. The van der Waals surface area contributed by atoms with Crippen LogP contribution in [0.3, 0.4) is 0 Å². The molecule has 0 radical (unpaired) electrons. The minimum absolute atomic E-state index is 0.633. The molecule has 3 heterocycles. The highest BCUT2D eigenvalue weighted by molar-refractivity contribution is 7.11. The summed E-state index contributed by atoms with van der Waals surface area (Å²) < 4.78 is 5.29. The summed E-state index contributed by atoms with van der Waals surface area (Å²) in [6.07, 6.45) is 1.92. The third-order valence-corrected chi connectivity index (χ3v) is 4.33.